The van der Waals surface area contributed by atoms with Crippen LogP contribution in [-0.4, -0.2) is 43.6 Å². The number of hydrogen-bond acceptors (Lipinski definition) is 2. The Morgan fingerprint density at radius 2 is 1.83 bits per heavy atom. The molecule has 1 aliphatic heterocycles. The first kappa shape index (κ1) is 20.2. The highest BCUT2D eigenvalue weighted by Gasteiger charge is 2.09. The van der Waals surface area contributed by atoms with Crippen molar-refractivity contribution < 1.29 is 0 Å². The van der Waals surface area contributed by atoms with E-state index in [0.717, 1.165) is 25.6 Å². The van der Waals surface area contributed by atoms with Crippen molar-refractivity contribution in [3.05, 3.63) is 35.9 Å². The van der Waals surface area contributed by atoms with Crippen LogP contribution in [0.2, 0.25) is 0 Å². The summed E-state index contributed by atoms with van der Waals surface area (Å²) in [6, 6.07) is 10.4. The van der Waals surface area contributed by atoms with E-state index in [0.29, 0.717) is 0 Å². The van der Waals surface area contributed by atoms with Gasteiger partial charge in [-0.25, -0.2) is 4.99 Å². The molecule has 2 N–H and O–H groups in total. The summed E-state index contributed by atoms with van der Waals surface area (Å²) in [6.07, 6.45) is 5.24. The van der Waals surface area contributed by atoms with E-state index in [1.54, 1.807) is 0 Å². The standard InChI is InChI=1S/C18H30N4.HI/c1-2-19-18(21-16-17-10-4-3-5-11-17)20-12-6-7-13-22-14-8-9-15-22;/h3-5,10-11H,2,6-9,12-16H2,1H3,(H2,19,20,21);1H. The van der Waals surface area contributed by atoms with Crippen molar-refractivity contribution in [3.63, 3.8) is 0 Å². The van der Waals surface area contributed by atoms with Crippen molar-refractivity contribution >= 4 is 29.9 Å². The minimum Gasteiger partial charge on any atom is -0.357 e. The number of nitrogens with zero attached hydrogens (tertiary/aromatic N) is 2. The molecule has 1 aromatic rings. The Balaban J connectivity index is 0.00000264. The average molecular weight is 430 g/mol. The van der Waals surface area contributed by atoms with Gasteiger partial charge in [-0.3, -0.25) is 0 Å². The Bertz CT molecular complexity index is 430. The molecule has 1 heterocycles. The van der Waals surface area contributed by atoms with Crippen LogP contribution in [0.4, 0.5) is 0 Å². The molecule has 0 radical (unpaired) electrons. The fourth-order valence-corrected chi connectivity index (χ4v) is 2.77. The highest BCUT2D eigenvalue weighted by Crippen LogP contribution is 2.07. The van der Waals surface area contributed by atoms with Gasteiger partial charge in [0.05, 0.1) is 6.54 Å². The van der Waals surface area contributed by atoms with Gasteiger partial charge in [0.25, 0.3) is 0 Å². The van der Waals surface area contributed by atoms with Gasteiger partial charge in [0.2, 0.25) is 0 Å². The Morgan fingerprint density at radius 1 is 1.09 bits per heavy atom. The van der Waals surface area contributed by atoms with Gasteiger partial charge in [0.1, 0.15) is 0 Å². The van der Waals surface area contributed by atoms with Gasteiger partial charge in [-0.1, -0.05) is 30.3 Å². The van der Waals surface area contributed by atoms with Gasteiger partial charge in [0.15, 0.2) is 5.96 Å². The summed E-state index contributed by atoms with van der Waals surface area (Å²) in [6.45, 7) is 8.57. The lowest BCUT2D eigenvalue weighted by Gasteiger charge is -2.15. The van der Waals surface area contributed by atoms with Crippen molar-refractivity contribution in [2.24, 2.45) is 4.99 Å². The summed E-state index contributed by atoms with van der Waals surface area (Å²) in [5.74, 6) is 0.924. The lowest BCUT2D eigenvalue weighted by molar-refractivity contribution is 0.330. The summed E-state index contributed by atoms with van der Waals surface area (Å²) < 4.78 is 0. The first-order valence-corrected chi connectivity index (χ1v) is 8.67. The van der Waals surface area contributed by atoms with Crippen molar-refractivity contribution in [2.75, 3.05) is 32.7 Å². The molecular weight excluding hydrogens is 399 g/mol. The number of benzene rings is 1. The van der Waals surface area contributed by atoms with E-state index in [1.807, 2.05) is 6.07 Å². The molecule has 1 aliphatic rings. The zero-order valence-electron chi connectivity index (χ0n) is 14.3. The normalized spacial score (nSPS) is 15.3. The smallest absolute Gasteiger partial charge is 0.191 e. The van der Waals surface area contributed by atoms with E-state index in [-0.39, 0.29) is 24.0 Å². The van der Waals surface area contributed by atoms with Crippen LogP contribution in [0.5, 0.6) is 0 Å². The topological polar surface area (TPSA) is 39.7 Å². The van der Waals surface area contributed by atoms with Crippen LogP contribution in [0.1, 0.15) is 38.2 Å². The Kier molecular flexibility index (Phi) is 11.1. The number of unbranched alkanes of at least 4 members (excludes halogenated alkanes) is 1. The predicted octanol–water partition coefficient (Wildman–Crippen LogP) is 3.24. The lowest BCUT2D eigenvalue weighted by atomic mass is 10.2. The van der Waals surface area contributed by atoms with Gasteiger partial charge in [-0.05, 0) is 57.8 Å². The number of likely N-dealkylation sites (tertiary alicyclic amines) is 1. The fraction of sp³-hybridized carbons (Fsp3) is 0.611. The van der Waals surface area contributed by atoms with Crippen molar-refractivity contribution in [1.82, 2.24) is 15.5 Å². The molecule has 0 saturated carbocycles. The average Bonchev–Trinajstić information content (AvgIpc) is 3.06. The predicted molar refractivity (Wildman–Crippen MR) is 110 cm³/mol. The van der Waals surface area contributed by atoms with Crippen molar-refractivity contribution in [2.45, 2.75) is 39.2 Å². The molecule has 0 aliphatic carbocycles. The van der Waals surface area contributed by atoms with E-state index >= 15 is 0 Å². The van der Waals surface area contributed by atoms with Gasteiger partial charge in [-0.2, -0.15) is 0 Å². The summed E-state index contributed by atoms with van der Waals surface area (Å²) in [4.78, 5) is 7.22. The fourth-order valence-electron chi connectivity index (χ4n) is 2.77. The van der Waals surface area contributed by atoms with Crippen LogP contribution in [-0.2, 0) is 6.54 Å². The number of aliphatic imine (C=N–C) groups is 1. The third kappa shape index (κ3) is 8.55. The van der Waals surface area contributed by atoms with Crippen molar-refractivity contribution in [3.8, 4) is 0 Å². The van der Waals surface area contributed by atoms with Crippen molar-refractivity contribution in [1.29, 1.82) is 0 Å². The maximum atomic E-state index is 4.64. The highest BCUT2D eigenvalue weighted by molar-refractivity contribution is 14.0. The number of halogens is 1. The summed E-state index contributed by atoms with van der Waals surface area (Å²) in [5, 5.41) is 6.75. The number of nitrogens with one attached hydrogen (secondary N) is 2. The molecule has 0 amide bonds. The number of guanidine groups is 1. The maximum Gasteiger partial charge on any atom is 0.191 e. The van der Waals surface area contributed by atoms with Gasteiger partial charge >= 0.3 is 0 Å². The Morgan fingerprint density at radius 3 is 2.52 bits per heavy atom. The van der Waals surface area contributed by atoms with Crippen LogP contribution < -0.4 is 10.6 Å². The second-order valence-corrected chi connectivity index (χ2v) is 5.86. The number of rotatable bonds is 8. The first-order valence-electron chi connectivity index (χ1n) is 8.67. The molecule has 130 valence electrons. The largest absolute Gasteiger partial charge is 0.357 e. The lowest BCUT2D eigenvalue weighted by Crippen LogP contribution is -2.38. The molecule has 2 rings (SSSR count). The molecule has 0 spiro atoms. The van der Waals surface area contributed by atoms with E-state index in [2.05, 4.69) is 51.7 Å². The zero-order chi connectivity index (χ0) is 15.5. The molecule has 0 atom stereocenters. The summed E-state index contributed by atoms with van der Waals surface area (Å²) in [7, 11) is 0. The molecule has 0 bridgehead atoms. The van der Waals surface area contributed by atoms with E-state index < -0.39 is 0 Å². The molecule has 1 fully saturated rings. The quantitative estimate of drug-likeness (QED) is 0.288. The van der Waals surface area contributed by atoms with Crippen LogP contribution in [0.15, 0.2) is 35.3 Å². The molecular formula is C18H31IN4. The van der Waals surface area contributed by atoms with Gasteiger partial charge in [-0.15, -0.1) is 24.0 Å². The molecule has 1 aromatic carbocycles. The zero-order valence-corrected chi connectivity index (χ0v) is 16.6. The second kappa shape index (κ2) is 12.6. The third-order valence-corrected chi connectivity index (χ3v) is 4.00. The molecule has 5 heteroatoms. The third-order valence-electron chi connectivity index (χ3n) is 4.00. The summed E-state index contributed by atoms with van der Waals surface area (Å²) in [5.41, 5.74) is 1.24. The Hall–Kier alpha value is -0.820. The summed E-state index contributed by atoms with van der Waals surface area (Å²) >= 11 is 0. The van der Waals surface area contributed by atoms with Gasteiger partial charge in [0, 0.05) is 13.1 Å². The van der Waals surface area contributed by atoms with Crippen LogP contribution in [0.25, 0.3) is 0 Å². The number of hydrogen-bond donors (Lipinski definition) is 2. The molecule has 1 saturated heterocycles. The molecule has 4 nitrogen and oxygen atoms in total. The van der Waals surface area contributed by atoms with Crippen LogP contribution >= 0.6 is 24.0 Å². The first-order chi connectivity index (χ1) is 10.9. The molecule has 23 heavy (non-hydrogen) atoms. The molecule has 0 aromatic heterocycles. The minimum atomic E-state index is 0. The van der Waals surface area contributed by atoms with Crippen LogP contribution in [0, 0.1) is 0 Å². The van der Waals surface area contributed by atoms with E-state index in [9.17, 15) is 0 Å². The van der Waals surface area contributed by atoms with Gasteiger partial charge < -0.3 is 15.5 Å². The monoisotopic (exact) mass is 430 g/mol. The minimum absolute atomic E-state index is 0. The van der Waals surface area contributed by atoms with Crippen LogP contribution in [0.3, 0.4) is 0 Å². The second-order valence-electron chi connectivity index (χ2n) is 5.86. The maximum absolute atomic E-state index is 4.64. The highest BCUT2D eigenvalue weighted by atomic mass is 127. The Labute approximate surface area is 158 Å². The molecule has 0 unspecified atom stereocenters. The SMILES string of the molecule is CCNC(=NCc1ccccc1)NCCCCN1CCCC1.I. The van der Waals surface area contributed by atoms with E-state index in [4.69, 9.17) is 0 Å². The van der Waals surface area contributed by atoms with E-state index in [1.165, 1.54) is 50.9 Å².